The number of carbonyl (C=O) groups excluding carboxylic acids is 2. The van der Waals surface area contributed by atoms with E-state index >= 15 is 4.39 Å². The highest BCUT2D eigenvalue weighted by atomic mass is 19.3. The van der Waals surface area contributed by atoms with Crippen molar-refractivity contribution in [2.45, 2.75) is 64.3 Å². The molecule has 1 amide bonds. The van der Waals surface area contributed by atoms with Crippen LogP contribution in [0.15, 0.2) is 53.6 Å². The zero-order chi connectivity index (χ0) is 37.9. The molecule has 54 heavy (non-hydrogen) atoms. The fraction of sp³-hybridized carbons (Fsp3) is 0.436. The van der Waals surface area contributed by atoms with Crippen LogP contribution < -0.4 is 20.7 Å². The minimum Gasteiger partial charge on any atom is -0.461 e. The van der Waals surface area contributed by atoms with Gasteiger partial charge in [-0.1, -0.05) is 0 Å². The summed E-state index contributed by atoms with van der Waals surface area (Å²) in [7, 11) is 1.57. The first-order valence-corrected chi connectivity index (χ1v) is 18.2. The van der Waals surface area contributed by atoms with E-state index in [0.29, 0.717) is 39.8 Å². The van der Waals surface area contributed by atoms with E-state index in [1.807, 2.05) is 12.1 Å². The minimum absolute atomic E-state index is 0.0835. The third-order valence-corrected chi connectivity index (χ3v) is 11.0. The Morgan fingerprint density at radius 1 is 1.09 bits per heavy atom. The van der Waals surface area contributed by atoms with Gasteiger partial charge in [-0.3, -0.25) is 19.3 Å². The van der Waals surface area contributed by atoms with Gasteiger partial charge in [0, 0.05) is 82.2 Å². The summed E-state index contributed by atoms with van der Waals surface area (Å²) in [6, 6.07) is 10.3. The van der Waals surface area contributed by atoms with E-state index in [1.54, 1.807) is 36.1 Å². The van der Waals surface area contributed by atoms with Crippen molar-refractivity contribution in [1.29, 1.82) is 0 Å². The normalized spacial score (nSPS) is 20.0. The number of esters is 1. The Hall–Kier alpha value is -5.15. The topological polar surface area (TPSA) is 114 Å². The van der Waals surface area contributed by atoms with Crippen LogP contribution in [0.25, 0.3) is 11.1 Å². The molecule has 0 spiro atoms. The van der Waals surface area contributed by atoms with Gasteiger partial charge < -0.3 is 33.7 Å². The largest absolute Gasteiger partial charge is 0.461 e. The van der Waals surface area contributed by atoms with Crippen LogP contribution in [0, 0.1) is 5.82 Å². The van der Waals surface area contributed by atoms with Gasteiger partial charge >= 0.3 is 5.97 Å². The van der Waals surface area contributed by atoms with Crippen LogP contribution in [0.1, 0.15) is 47.6 Å². The van der Waals surface area contributed by atoms with Crippen LogP contribution in [-0.2, 0) is 47.3 Å². The van der Waals surface area contributed by atoms with Gasteiger partial charge in [-0.25, -0.2) is 18.2 Å². The summed E-state index contributed by atoms with van der Waals surface area (Å²) in [6.45, 7) is 7.76. The third-order valence-electron chi connectivity index (χ3n) is 11.0. The lowest BCUT2D eigenvalue weighted by Gasteiger charge is -2.46. The number of amides is 1. The number of ether oxygens (including phenoxy) is 2. The number of alkyl halides is 2. The Morgan fingerprint density at radius 2 is 1.91 bits per heavy atom. The predicted octanol–water partition coefficient (Wildman–Crippen LogP) is 4.89. The third kappa shape index (κ3) is 6.74. The number of carbonyl (C=O) groups is 2. The number of piperazine rings is 1. The molecule has 4 aliphatic rings. The maximum atomic E-state index is 15.6. The Kier molecular flexibility index (Phi) is 9.25. The molecule has 1 unspecified atom stereocenters. The SMILES string of the molecule is CC(=O)OCc1c(-c2cc(Nc3ccc(N4CCN(C5COC5)CC4C)cn3)c(=O)n(C)c2)cc(F)cc1N1CCn2c(cc3c2CC(F)(F)CC3)C1=O. The number of benzene rings is 1. The van der Waals surface area contributed by atoms with Crippen molar-refractivity contribution in [1.82, 2.24) is 19.0 Å². The van der Waals surface area contributed by atoms with Crippen LogP contribution in [-0.4, -0.2) is 88.3 Å². The first-order chi connectivity index (χ1) is 25.8. The number of aromatic nitrogens is 3. The van der Waals surface area contributed by atoms with E-state index < -0.39 is 30.0 Å². The van der Waals surface area contributed by atoms with E-state index in [1.165, 1.54) is 28.5 Å². The molecule has 1 aromatic carbocycles. The second-order valence-corrected chi connectivity index (χ2v) is 14.7. The summed E-state index contributed by atoms with van der Waals surface area (Å²) in [5.41, 5.74) is 3.48. The van der Waals surface area contributed by atoms with Crippen molar-refractivity contribution in [2.75, 3.05) is 54.5 Å². The van der Waals surface area contributed by atoms with E-state index in [0.717, 1.165) is 38.5 Å². The molecule has 3 aliphatic heterocycles. The summed E-state index contributed by atoms with van der Waals surface area (Å²) in [5, 5.41) is 3.13. The molecule has 0 radical (unpaired) electrons. The summed E-state index contributed by atoms with van der Waals surface area (Å²) in [4.78, 5) is 50.3. The fourth-order valence-corrected chi connectivity index (χ4v) is 8.12. The standard InChI is InChI=1S/C39H42F3N7O5/c1-23-18-46(29-20-53-21-29)8-9-47(23)28-4-5-36(43-17-28)44-32-12-26(19-45(3)37(32)51)30-14-27(40)15-33(31(30)22-54-24(2)50)49-11-10-48-34(38(49)52)13-25-6-7-39(41,42)16-35(25)48/h4-5,12-15,17,19,23,29H,6-11,16,18,20-22H2,1-3H3,(H,43,44). The molecule has 1 atom stereocenters. The van der Waals surface area contributed by atoms with Crippen LogP contribution in [0.3, 0.4) is 0 Å². The molecule has 0 bridgehead atoms. The van der Waals surface area contributed by atoms with Crippen molar-refractivity contribution in [2.24, 2.45) is 7.05 Å². The maximum absolute atomic E-state index is 15.6. The maximum Gasteiger partial charge on any atom is 0.302 e. The molecule has 4 aromatic rings. The Morgan fingerprint density at radius 3 is 2.61 bits per heavy atom. The lowest BCUT2D eigenvalue weighted by atomic mass is 9.94. The average Bonchev–Trinajstić information content (AvgIpc) is 3.47. The average molecular weight is 746 g/mol. The van der Waals surface area contributed by atoms with Crippen molar-refractivity contribution >= 4 is 34.8 Å². The fourth-order valence-electron chi connectivity index (χ4n) is 8.12. The van der Waals surface area contributed by atoms with Crippen LogP contribution in [0.4, 0.5) is 36.1 Å². The second-order valence-electron chi connectivity index (χ2n) is 14.7. The number of fused-ring (bicyclic) bond motifs is 3. The molecule has 3 aromatic heterocycles. The number of hydrogen-bond donors (Lipinski definition) is 1. The Labute approximate surface area is 310 Å². The molecule has 0 saturated carbocycles. The quantitative estimate of drug-likeness (QED) is 0.252. The summed E-state index contributed by atoms with van der Waals surface area (Å²) in [5.74, 6) is -4.12. The van der Waals surface area contributed by atoms with Gasteiger partial charge in [0.2, 0.25) is 0 Å². The number of nitrogens with zero attached hydrogens (tertiary/aromatic N) is 6. The number of hydrogen-bond acceptors (Lipinski definition) is 9. The summed E-state index contributed by atoms with van der Waals surface area (Å²) < 4.78 is 58.1. The molecular weight excluding hydrogens is 703 g/mol. The Bertz CT molecular complexity index is 2180. The van der Waals surface area contributed by atoms with Crippen molar-refractivity contribution in [3.63, 3.8) is 0 Å². The second kappa shape index (κ2) is 13.9. The molecule has 2 fully saturated rings. The van der Waals surface area contributed by atoms with Gasteiger partial charge in [0.15, 0.2) is 0 Å². The lowest BCUT2D eigenvalue weighted by Crippen LogP contribution is -2.59. The lowest BCUT2D eigenvalue weighted by molar-refractivity contribution is -0.142. The van der Waals surface area contributed by atoms with Crippen LogP contribution >= 0.6 is 0 Å². The van der Waals surface area contributed by atoms with Crippen LogP contribution in [0.2, 0.25) is 0 Å². The molecule has 12 nitrogen and oxygen atoms in total. The molecular formula is C39H42F3N7O5. The number of halogens is 3. The molecule has 1 aliphatic carbocycles. The number of rotatable bonds is 8. The first kappa shape index (κ1) is 35.9. The van der Waals surface area contributed by atoms with E-state index in [-0.39, 0.29) is 61.2 Å². The van der Waals surface area contributed by atoms with Gasteiger partial charge in [-0.2, -0.15) is 0 Å². The van der Waals surface area contributed by atoms with Crippen molar-refractivity contribution in [3.05, 3.63) is 87.5 Å². The zero-order valence-electron chi connectivity index (χ0n) is 30.4. The van der Waals surface area contributed by atoms with E-state index in [2.05, 4.69) is 27.0 Å². The van der Waals surface area contributed by atoms with Gasteiger partial charge in [0.1, 0.15) is 29.6 Å². The highest BCUT2D eigenvalue weighted by Crippen LogP contribution is 2.39. The van der Waals surface area contributed by atoms with E-state index in [9.17, 15) is 23.2 Å². The number of anilines is 4. The van der Waals surface area contributed by atoms with Crippen molar-refractivity contribution in [3.8, 4) is 11.1 Å². The number of nitrogens with one attached hydrogen (secondary N) is 1. The summed E-state index contributed by atoms with van der Waals surface area (Å²) >= 11 is 0. The molecule has 2 saturated heterocycles. The predicted molar refractivity (Wildman–Crippen MR) is 196 cm³/mol. The molecule has 8 rings (SSSR count). The molecule has 6 heterocycles. The smallest absolute Gasteiger partial charge is 0.302 e. The van der Waals surface area contributed by atoms with Gasteiger partial charge in [0.25, 0.3) is 17.4 Å². The van der Waals surface area contributed by atoms with E-state index in [4.69, 9.17) is 9.47 Å². The summed E-state index contributed by atoms with van der Waals surface area (Å²) in [6.07, 6.45) is 2.77. The molecule has 1 N–H and O–H groups in total. The van der Waals surface area contributed by atoms with Crippen molar-refractivity contribution < 1.29 is 32.2 Å². The van der Waals surface area contributed by atoms with Gasteiger partial charge in [0.05, 0.1) is 43.2 Å². The molecule has 284 valence electrons. The zero-order valence-corrected chi connectivity index (χ0v) is 30.4. The minimum atomic E-state index is -2.85. The number of aryl methyl sites for hydroxylation is 2. The Balaban J connectivity index is 1.09. The molecule has 15 heteroatoms. The van der Waals surface area contributed by atoms with Gasteiger partial charge in [-0.05, 0) is 60.9 Å². The highest BCUT2D eigenvalue weighted by Gasteiger charge is 2.40. The highest BCUT2D eigenvalue weighted by molar-refractivity contribution is 6.07. The van der Waals surface area contributed by atoms with Gasteiger partial charge in [-0.15, -0.1) is 0 Å². The van der Waals surface area contributed by atoms with Crippen LogP contribution in [0.5, 0.6) is 0 Å². The monoisotopic (exact) mass is 745 g/mol. The number of pyridine rings is 2. The first-order valence-electron chi connectivity index (χ1n) is 18.2.